The van der Waals surface area contributed by atoms with Gasteiger partial charge in [0, 0.05) is 36.6 Å². The van der Waals surface area contributed by atoms with Crippen molar-refractivity contribution >= 4 is 0 Å². The smallest absolute Gasteiger partial charge is 0.0312 e. The summed E-state index contributed by atoms with van der Waals surface area (Å²) in [5.41, 5.74) is 1.51. The van der Waals surface area contributed by atoms with Crippen molar-refractivity contribution in [2.75, 3.05) is 0 Å². The summed E-state index contributed by atoms with van der Waals surface area (Å²) in [6.45, 7) is 7.69. The average molecular weight is 261 g/mol. The highest BCUT2D eigenvalue weighted by Gasteiger charge is 2.23. The van der Waals surface area contributed by atoms with Crippen LogP contribution in [0.3, 0.4) is 0 Å². The Morgan fingerprint density at radius 2 is 1.84 bits per heavy atom. The van der Waals surface area contributed by atoms with Gasteiger partial charge in [0.05, 0.1) is 0 Å². The van der Waals surface area contributed by atoms with Crippen molar-refractivity contribution in [1.82, 2.24) is 15.6 Å². The van der Waals surface area contributed by atoms with Crippen molar-refractivity contribution in [3.05, 3.63) is 30.1 Å². The predicted octanol–water partition coefficient (Wildman–Crippen LogP) is 2.87. The first-order chi connectivity index (χ1) is 9.03. The monoisotopic (exact) mass is 261 g/mol. The molecular weight excluding hydrogens is 234 g/mol. The zero-order chi connectivity index (χ0) is 13.7. The molecule has 1 aromatic rings. The summed E-state index contributed by atoms with van der Waals surface area (Å²) in [5, 5.41) is 7.37. The van der Waals surface area contributed by atoms with Gasteiger partial charge in [0.2, 0.25) is 0 Å². The summed E-state index contributed by atoms with van der Waals surface area (Å²) >= 11 is 0. The first-order valence-electron chi connectivity index (χ1n) is 7.43. The van der Waals surface area contributed by atoms with Crippen LogP contribution >= 0.6 is 0 Å². The van der Waals surface area contributed by atoms with Crippen LogP contribution in [-0.4, -0.2) is 22.6 Å². The standard InChI is InChI=1S/C16H27N3/c1-16(2,3)19-15-8-6-14(7-9-15)18-12-13-5-4-10-17-11-13/h4-5,10-11,14-15,18-19H,6-9,12H2,1-3H3/t14-,15-. The maximum absolute atomic E-state index is 4.15. The van der Waals surface area contributed by atoms with E-state index in [2.05, 4.69) is 42.5 Å². The van der Waals surface area contributed by atoms with Gasteiger partial charge in [-0.1, -0.05) is 6.07 Å². The third kappa shape index (κ3) is 5.29. The summed E-state index contributed by atoms with van der Waals surface area (Å²) in [5.74, 6) is 0. The van der Waals surface area contributed by atoms with E-state index in [4.69, 9.17) is 0 Å². The number of aromatic nitrogens is 1. The van der Waals surface area contributed by atoms with Crippen LogP contribution in [0.2, 0.25) is 0 Å². The van der Waals surface area contributed by atoms with Gasteiger partial charge in [-0.25, -0.2) is 0 Å². The van der Waals surface area contributed by atoms with Gasteiger partial charge in [0.1, 0.15) is 0 Å². The van der Waals surface area contributed by atoms with E-state index in [0.717, 1.165) is 6.54 Å². The third-order valence-corrected chi connectivity index (χ3v) is 3.68. The van der Waals surface area contributed by atoms with Gasteiger partial charge in [-0.05, 0) is 58.1 Å². The molecule has 1 saturated carbocycles. The van der Waals surface area contributed by atoms with Gasteiger partial charge in [-0.15, -0.1) is 0 Å². The fourth-order valence-electron chi connectivity index (χ4n) is 2.82. The normalized spacial score (nSPS) is 24.4. The molecule has 3 heteroatoms. The minimum atomic E-state index is 0.237. The molecule has 0 spiro atoms. The summed E-state index contributed by atoms with van der Waals surface area (Å²) in [4.78, 5) is 4.15. The number of nitrogens with zero attached hydrogens (tertiary/aromatic N) is 1. The number of hydrogen-bond acceptors (Lipinski definition) is 3. The fraction of sp³-hybridized carbons (Fsp3) is 0.688. The minimum absolute atomic E-state index is 0.237. The van der Waals surface area contributed by atoms with E-state index < -0.39 is 0 Å². The van der Waals surface area contributed by atoms with Gasteiger partial charge >= 0.3 is 0 Å². The number of nitrogens with one attached hydrogen (secondary N) is 2. The highest BCUT2D eigenvalue weighted by Crippen LogP contribution is 2.21. The summed E-state index contributed by atoms with van der Waals surface area (Å²) in [6, 6.07) is 5.49. The zero-order valence-corrected chi connectivity index (χ0v) is 12.4. The van der Waals surface area contributed by atoms with Gasteiger partial charge in [0.25, 0.3) is 0 Å². The molecule has 1 aromatic heterocycles. The number of rotatable bonds is 4. The zero-order valence-electron chi connectivity index (χ0n) is 12.4. The quantitative estimate of drug-likeness (QED) is 0.875. The molecule has 0 unspecified atom stereocenters. The molecule has 0 bridgehead atoms. The van der Waals surface area contributed by atoms with Gasteiger partial charge in [-0.3, -0.25) is 4.98 Å². The van der Waals surface area contributed by atoms with Crippen molar-refractivity contribution < 1.29 is 0 Å². The van der Waals surface area contributed by atoms with E-state index in [0.29, 0.717) is 12.1 Å². The molecule has 0 radical (unpaired) electrons. The Bertz CT molecular complexity index is 361. The molecule has 106 valence electrons. The van der Waals surface area contributed by atoms with Crippen LogP contribution in [0.15, 0.2) is 24.5 Å². The van der Waals surface area contributed by atoms with Crippen LogP contribution < -0.4 is 10.6 Å². The molecule has 1 heterocycles. The van der Waals surface area contributed by atoms with Crippen LogP contribution in [-0.2, 0) is 6.54 Å². The maximum atomic E-state index is 4.15. The molecule has 1 fully saturated rings. The first kappa shape index (κ1) is 14.5. The van der Waals surface area contributed by atoms with Gasteiger partial charge in [0.15, 0.2) is 0 Å². The Morgan fingerprint density at radius 1 is 1.16 bits per heavy atom. The van der Waals surface area contributed by atoms with Crippen LogP contribution in [0.25, 0.3) is 0 Å². The van der Waals surface area contributed by atoms with Crippen molar-refractivity contribution in [2.24, 2.45) is 0 Å². The second-order valence-corrected chi connectivity index (χ2v) is 6.69. The molecule has 19 heavy (non-hydrogen) atoms. The van der Waals surface area contributed by atoms with E-state index in [9.17, 15) is 0 Å². The molecule has 3 nitrogen and oxygen atoms in total. The van der Waals surface area contributed by atoms with Crippen LogP contribution in [0.1, 0.15) is 52.0 Å². The van der Waals surface area contributed by atoms with Crippen molar-refractivity contribution in [2.45, 2.75) is 70.6 Å². The van der Waals surface area contributed by atoms with Crippen molar-refractivity contribution in [1.29, 1.82) is 0 Å². The minimum Gasteiger partial charge on any atom is -0.310 e. The van der Waals surface area contributed by atoms with Crippen molar-refractivity contribution in [3.8, 4) is 0 Å². The largest absolute Gasteiger partial charge is 0.310 e. The van der Waals surface area contributed by atoms with E-state index in [1.165, 1.54) is 31.2 Å². The molecular formula is C16H27N3. The maximum Gasteiger partial charge on any atom is 0.0312 e. The van der Waals surface area contributed by atoms with E-state index >= 15 is 0 Å². The Balaban J connectivity index is 1.69. The molecule has 0 aromatic carbocycles. The lowest BCUT2D eigenvalue weighted by Gasteiger charge is -2.34. The van der Waals surface area contributed by atoms with E-state index in [1.54, 1.807) is 0 Å². The highest BCUT2D eigenvalue weighted by molar-refractivity contribution is 5.08. The number of hydrogen-bond donors (Lipinski definition) is 2. The lowest BCUT2D eigenvalue weighted by Crippen LogP contribution is -2.47. The molecule has 0 aliphatic heterocycles. The molecule has 2 N–H and O–H groups in total. The molecule has 2 rings (SSSR count). The Labute approximate surface area is 117 Å². The summed E-state index contributed by atoms with van der Waals surface area (Å²) < 4.78 is 0. The van der Waals surface area contributed by atoms with Crippen LogP contribution in [0, 0.1) is 0 Å². The summed E-state index contributed by atoms with van der Waals surface area (Å²) in [6.07, 6.45) is 8.87. The first-order valence-corrected chi connectivity index (χ1v) is 7.43. The fourth-order valence-corrected chi connectivity index (χ4v) is 2.82. The molecule has 0 atom stereocenters. The third-order valence-electron chi connectivity index (χ3n) is 3.68. The average Bonchev–Trinajstić information content (AvgIpc) is 2.37. The van der Waals surface area contributed by atoms with E-state index in [-0.39, 0.29) is 5.54 Å². The lowest BCUT2D eigenvalue weighted by atomic mass is 9.89. The SMILES string of the molecule is CC(C)(C)N[C@H]1CC[C@H](NCc2cccnc2)CC1. The van der Waals surface area contributed by atoms with Gasteiger partial charge < -0.3 is 10.6 Å². The highest BCUT2D eigenvalue weighted by atomic mass is 15.0. The Hall–Kier alpha value is -0.930. The molecule has 1 aliphatic rings. The van der Waals surface area contributed by atoms with Crippen LogP contribution in [0.5, 0.6) is 0 Å². The topological polar surface area (TPSA) is 37.0 Å². The van der Waals surface area contributed by atoms with Crippen LogP contribution in [0.4, 0.5) is 0 Å². The lowest BCUT2D eigenvalue weighted by molar-refractivity contribution is 0.261. The summed E-state index contributed by atoms with van der Waals surface area (Å²) in [7, 11) is 0. The molecule has 1 aliphatic carbocycles. The second kappa shape index (κ2) is 6.49. The van der Waals surface area contributed by atoms with Crippen molar-refractivity contribution in [3.63, 3.8) is 0 Å². The number of pyridine rings is 1. The van der Waals surface area contributed by atoms with Gasteiger partial charge in [-0.2, -0.15) is 0 Å². The Morgan fingerprint density at radius 3 is 2.42 bits per heavy atom. The molecule has 0 saturated heterocycles. The molecule has 0 amide bonds. The second-order valence-electron chi connectivity index (χ2n) is 6.69. The van der Waals surface area contributed by atoms with E-state index in [1.807, 2.05) is 18.5 Å². The Kier molecular flexibility index (Phi) is 4.94. The predicted molar refractivity (Wildman–Crippen MR) is 80.0 cm³/mol.